The molecule has 94 valence electrons. The predicted octanol–water partition coefficient (Wildman–Crippen LogP) is 4.61. The van der Waals surface area contributed by atoms with Crippen molar-refractivity contribution >= 4 is 35.0 Å². The summed E-state index contributed by atoms with van der Waals surface area (Å²) in [5, 5.41) is 1.43. The zero-order valence-electron chi connectivity index (χ0n) is 9.78. The highest BCUT2D eigenvalue weighted by Crippen LogP contribution is 2.30. The summed E-state index contributed by atoms with van der Waals surface area (Å²) >= 11 is 13.3. The summed E-state index contributed by atoms with van der Waals surface area (Å²) in [7, 11) is 0. The van der Waals surface area contributed by atoms with E-state index in [9.17, 15) is 0 Å². The van der Waals surface area contributed by atoms with E-state index in [0.717, 1.165) is 5.56 Å². The van der Waals surface area contributed by atoms with E-state index in [0.29, 0.717) is 27.0 Å². The van der Waals surface area contributed by atoms with Crippen LogP contribution in [0.5, 0.6) is 11.6 Å². The summed E-state index contributed by atoms with van der Waals surface area (Å²) in [6, 6.07) is 7.09. The Morgan fingerprint density at radius 2 is 1.94 bits per heavy atom. The molecule has 1 aromatic heterocycles. The summed E-state index contributed by atoms with van der Waals surface area (Å²) in [6.45, 7) is 1.96. The lowest BCUT2D eigenvalue weighted by atomic mass is 10.2. The van der Waals surface area contributed by atoms with Gasteiger partial charge in [-0.05, 0) is 30.9 Å². The van der Waals surface area contributed by atoms with Crippen molar-refractivity contribution < 1.29 is 4.74 Å². The van der Waals surface area contributed by atoms with Crippen molar-refractivity contribution in [2.75, 3.05) is 6.26 Å². The van der Waals surface area contributed by atoms with E-state index in [1.54, 1.807) is 12.1 Å². The zero-order chi connectivity index (χ0) is 13.1. The molecule has 0 fully saturated rings. The number of thioether (sulfide) groups is 1. The van der Waals surface area contributed by atoms with Crippen LogP contribution in [0.3, 0.4) is 0 Å². The first kappa shape index (κ1) is 13.5. The number of hydrogen-bond acceptors (Lipinski definition) is 4. The van der Waals surface area contributed by atoms with Crippen LogP contribution in [0, 0.1) is 6.92 Å². The molecule has 0 saturated heterocycles. The first-order valence-corrected chi connectivity index (χ1v) is 7.09. The molecule has 0 amide bonds. The smallest absolute Gasteiger partial charge is 0.224 e. The van der Waals surface area contributed by atoms with Gasteiger partial charge in [-0.1, -0.05) is 41.0 Å². The highest BCUT2D eigenvalue weighted by Gasteiger charge is 2.07. The van der Waals surface area contributed by atoms with E-state index in [1.807, 2.05) is 25.3 Å². The van der Waals surface area contributed by atoms with Gasteiger partial charge in [-0.15, -0.1) is 0 Å². The van der Waals surface area contributed by atoms with Crippen molar-refractivity contribution in [2.24, 2.45) is 0 Å². The number of aromatic nitrogens is 2. The molecule has 0 aliphatic heterocycles. The Hall–Kier alpha value is -0.970. The van der Waals surface area contributed by atoms with E-state index in [2.05, 4.69) is 9.97 Å². The molecule has 0 radical (unpaired) electrons. The van der Waals surface area contributed by atoms with E-state index in [1.165, 1.54) is 11.8 Å². The van der Waals surface area contributed by atoms with Crippen molar-refractivity contribution in [1.29, 1.82) is 0 Å². The highest BCUT2D eigenvalue weighted by atomic mass is 35.5. The van der Waals surface area contributed by atoms with Crippen molar-refractivity contribution in [3.63, 3.8) is 0 Å². The average molecular weight is 301 g/mol. The fourth-order valence-electron chi connectivity index (χ4n) is 1.32. The van der Waals surface area contributed by atoms with E-state index in [4.69, 9.17) is 27.9 Å². The number of halogens is 2. The maximum Gasteiger partial charge on any atom is 0.224 e. The number of benzene rings is 1. The molecule has 2 rings (SSSR count). The highest BCUT2D eigenvalue weighted by molar-refractivity contribution is 7.98. The van der Waals surface area contributed by atoms with Crippen LogP contribution in [-0.4, -0.2) is 16.2 Å². The lowest BCUT2D eigenvalue weighted by Crippen LogP contribution is -1.93. The fourth-order valence-corrected chi connectivity index (χ4v) is 2.07. The molecule has 0 unspecified atom stereocenters. The zero-order valence-corrected chi connectivity index (χ0v) is 12.1. The number of nitrogens with zero attached hydrogens (tertiary/aromatic N) is 2. The molecule has 6 heteroatoms. The Morgan fingerprint density at radius 3 is 2.67 bits per heavy atom. The van der Waals surface area contributed by atoms with E-state index >= 15 is 0 Å². The second-order valence-corrected chi connectivity index (χ2v) is 5.12. The normalized spacial score (nSPS) is 10.4. The molecule has 1 aromatic carbocycles. The van der Waals surface area contributed by atoms with Gasteiger partial charge in [-0.25, -0.2) is 4.98 Å². The molecule has 0 atom stereocenters. The Bertz CT molecular complexity index is 578. The topological polar surface area (TPSA) is 35.0 Å². The minimum Gasteiger partial charge on any atom is -0.437 e. The quantitative estimate of drug-likeness (QED) is 0.471. The average Bonchev–Trinajstić information content (AvgIpc) is 2.33. The minimum atomic E-state index is 0.341. The Balaban J connectivity index is 2.33. The first-order chi connectivity index (χ1) is 8.58. The van der Waals surface area contributed by atoms with Gasteiger partial charge in [0.05, 0.1) is 5.02 Å². The minimum absolute atomic E-state index is 0.341. The lowest BCUT2D eigenvalue weighted by molar-refractivity contribution is 0.455. The van der Waals surface area contributed by atoms with Gasteiger partial charge < -0.3 is 4.74 Å². The van der Waals surface area contributed by atoms with Gasteiger partial charge in [-0.3, -0.25) is 0 Å². The Labute approximate surface area is 120 Å². The van der Waals surface area contributed by atoms with Gasteiger partial charge in [0.25, 0.3) is 0 Å². The summed E-state index contributed by atoms with van der Waals surface area (Å²) in [5.74, 6) is 0.935. The van der Waals surface area contributed by atoms with Crippen molar-refractivity contribution in [3.05, 3.63) is 40.0 Å². The number of ether oxygens (including phenoxy) is 1. The molecule has 1 heterocycles. The van der Waals surface area contributed by atoms with Crippen LogP contribution in [0.15, 0.2) is 29.4 Å². The SMILES string of the molecule is CSc1nc(Cl)cc(Oc2cc(C)ccc2Cl)n1. The van der Waals surface area contributed by atoms with Crippen LogP contribution in [-0.2, 0) is 0 Å². The Morgan fingerprint density at radius 1 is 1.17 bits per heavy atom. The van der Waals surface area contributed by atoms with Gasteiger partial charge in [-0.2, -0.15) is 4.98 Å². The van der Waals surface area contributed by atoms with Crippen LogP contribution >= 0.6 is 35.0 Å². The third-order valence-corrected chi connectivity index (χ3v) is 3.19. The molecule has 0 aliphatic rings. The number of rotatable bonds is 3. The van der Waals surface area contributed by atoms with Gasteiger partial charge in [0.2, 0.25) is 5.88 Å². The molecule has 2 aromatic rings. The summed E-state index contributed by atoms with van der Waals surface area (Å²) < 4.78 is 5.63. The summed E-state index contributed by atoms with van der Waals surface area (Å²) in [4.78, 5) is 8.24. The van der Waals surface area contributed by atoms with Crippen LogP contribution in [0.4, 0.5) is 0 Å². The molecule has 0 spiro atoms. The molecule has 0 N–H and O–H groups in total. The molecule has 0 bridgehead atoms. The number of hydrogen-bond donors (Lipinski definition) is 0. The van der Waals surface area contributed by atoms with Gasteiger partial charge in [0.15, 0.2) is 5.16 Å². The predicted molar refractivity (Wildman–Crippen MR) is 75.1 cm³/mol. The molecule has 0 saturated carbocycles. The molecule has 3 nitrogen and oxygen atoms in total. The van der Waals surface area contributed by atoms with Gasteiger partial charge >= 0.3 is 0 Å². The van der Waals surface area contributed by atoms with Crippen molar-refractivity contribution in [2.45, 2.75) is 12.1 Å². The largest absolute Gasteiger partial charge is 0.437 e. The van der Waals surface area contributed by atoms with Crippen LogP contribution in [0.25, 0.3) is 0 Å². The van der Waals surface area contributed by atoms with E-state index < -0.39 is 0 Å². The molecular formula is C12H10Cl2N2OS. The van der Waals surface area contributed by atoms with Crippen molar-refractivity contribution in [1.82, 2.24) is 9.97 Å². The second kappa shape index (κ2) is 5.78. The maximum atomic E-state index is 6.05. The molecule has 18 heavy (non-hydrogen) atoms. The van der Waals surface area contributed by atoms with E-state index in [-0.39, 0.29) is 0 Å². The number of aryl methyl sites for hydroxylation is 1. The third kappa shape index (κ3) is 3.28. The van der Waals surface area contributed by atoms with Crippen LogP contribution in [0.1, 0.15) is 5.56 Å². The molecule has 0 aliphatic carbocycles. The van der Waals surface area contributed by atoms with Crippen LogP contribution < -0.4 is 4.74 Å². The third-order valence-electron chi connectivity index (χ3n) is 2.13. The van der Waals surface area contributed by atoms with Gasteiger partial charge in [0, 0.05) is 6.07 Å². The standard InChI is InChI=1S/C12H10Cl2N2OS/c1-7-3-4-8(13)9(5-7)17-11-6-10(14)15-12(16-11)18-2/h3-6H,1-2H3. The fraction of sp³-hybridized carbons (Fsp3) is 0.167. The summed E-state index contributed by atoms with van der Waals surface area (Å²) in [5.41, 5.74) is 1.06. The monoisotopic (exact) mass is 300 g/mol. The molecular weight excluding hydrogens is 291 g/mol. The van der Waals surface area contributed by atoms with Crippen LogP contribution in [0.2, 0.25) is 10.2 Å². The summed E-state index contributed by atoms with van der Waals surface area (Å²) in [6.07, 6.45) is 1.87. The second-order valence-electron chi connectivity index (χ2n) is 3.55. The lowest BCUT2D eigenvalue weighted by Gasteiger charge is -2.08. The Kier molecular flexibility index (Phi) is 4.32. The van der Waals surface area contributed by atoms with Gasteiger partial charge in [0.1, 0.15) is 10.9 Å². The maximum absolute atomic E-state index is 6.05. The first-order valence-electron chi connectivity index (χ1n) is 5.11. The van der Waals surface area contributed by atoms with Crippen molar-refractivity contribution in [3.8, 4) is 11.6 Å².